The summed E-state index contributed by atoms with van der Waals surface area (Å²) < 4.78 is 0. The first kappa shape index (κ1) is 13.6. The number of hydrogen-bond acceptors (Lipinski definition) is 2. The first-order valence-electron chi connectivity index (χ1n) is 7.72. The van der Waals surface area contributed by atoms with Gasteiger partial charge in [-0.15, -0.1) is 0 Å². The lowest BCUT2D eigenvalue weighted by molar-refractivity contribution is 0.0897. The molecule has 1 saturated heterocycles. The van der Waals surface area contributed by atoms with Crippen LogP contribution in [0.15, 0.2) is 42.5 Å². The van der Waals surface area contributed by atoms with Crippen LogP contribution >= 0.6 is 0 Å². The molecule has 106 valence electrons. The first-order valence-corrected chi connectivity index (χ1v) is 7.72. The van der Waals surface area contributed by atoms with E-state index in [1.807, 2.05) is 0 Å². The van der Waals surface area contributed by atoms with E-state index >= 15 is 0 Å². The Bertz CT molecular complexity index is 573. The van der Waals surface area contributed by atoms with Gasteiger partial charge in [0.15, 0.2) is 0 Å². The number of benzene rings is 2. The molecule has 0 aliphatic carbocycles. The zero-order valence-corrected chi connectivity index (χ0v) is 12.3. The fraction of sp³-hybridized carbons (Fsp3) is 0.444. The van der Waals surface area contributed by atoms with Crippen LogP contribution in [0.25, 0.3) is 10.8 Å². The maximum Gasteiger partial charge on any atom is 0.0246 e. The average molecular weight is 268 g/mol. The van der Waals surface area contributed by atoms with Gasteiger partial charge in [-0.05, 0) is 36.1 Å². The minimum atomic E-state index is 0.540. The first-order chi connectivity index (χ1) is 9.79. The molecular weight excluding hydrogens is 244 g/mol. The molecule has 0 saturated carbocycles. The molecule has 3 rings (SSSR count). The summed E-state index contributed by atoms with van der Waals surface area (Å²) in [5, 5.41) is 2.71. The summed E-state index contributed by atoms with van der Waals surface area (Å²) in [6, 6.07) is 16.5. The van der Waals surface area contributed by atoms with Gasteiger partial charge in [0.2, 0.25) is 0 Å². The summed E-state index contributed by atoms with van der Waals surface area (Å²) in [5.74, 6) is 0. The van der Waals surface area contributed by atoms with E-state index in [0.29, 0.717) is 12.1 Å². The molecule has 1 fully saturated rings. The van der Waals surface area contributed by atoms with Crippen molar-refractivity contribution >= 4 is 10.8 Å². The van der Waals surface area contributed by atoms with E-state index in [1.54, 1.807) is 0 Å². The monoisotopic (exact) mass is 268 g/mol. The maximum atomic E-state index is 5.98. The Morgan fingerprint density at radius 2 is 1.90 bits per heavy atom. The van der Waals surface area contributed by atoms with Crippen molar-refractivity contribution in [1.82, 2.24) is 4.90 Å². The van der Waals surface area contributed by atoms with Crippen molar-refractivity contribution in [3.63, 3.8) is 0 Å². The number of nitrogens with two attached hydrogens (primary N) is 1. The lowest BCUT2D eigenvalue weighted by atomic mass is 9.94. The Balaban J connectivity index is 1.91. The molecule has 0 aromatic heterocycles. The number of fused-ring (bicyclic) bond motifs is 1. The largest absolute Gasteiger partial charge is 0.329 e. The van der Waals surface area contributed by atoms with Crippen LogP contribution in [0.5, 0.6) is 0 Å². The van der Waals surface area contributed by atoms with Crippen LogP contribution in [0.1, 0.15) is 31.7 Å². The third kappa shape index (κ3) is 2.58. The average Bonchev–Trinajstić information content (AvgIpc) is 2.49. The topological polar surface area (TPSA) is 29.3 Å². The van der Waals surface area contributed by atoms with Crippen LogP contribution in [-0.4, -0.2) is 23.5 Å². The lowest BCUT2D eigenvalue weighted by Crippen LogP contribution is -2.48. The van der Waals surface area contributed by atoms with Gasteiger partial charge in [0, 0.05) is 25.2 Å². The molecule has 0 radical (unpaired) electrons. The smallest absolute Gasteiger partial charge is 0.0246 e. The van der Waals surface area contributed by atoms with Crippen LogP contribution < -0.4 is 5.73 Å². The quantitative estimate of drug-likeness (QED) is 0.922. The van der Waals surface area contributed by atoms with Crippen molar-refractivity contribution in [2.45, 2.75) is 44.8 Å². The third-order valence-corrected chi connectivity index (χ3v) is 4.70. The van der Waals surface area contributed by atoms with E-state index in [0.717, 1.165) is 13.1 Å². The Kier molecular flexibility index (Phi) is 4.04. The lowest BCUT2D eigenvalue weighted by Gasteiger charge is -2.40. The highest BCUT2D eigenvalue weighted by Crippen LogP contribution is 2.27. The molecule has 2 atom stereocenters. The van der Waals surface area contributed by atoms with Gasteiger partial charge in [-0.1, -0.05) is 48.9 Å². The highest BCUT2D eigenvalue weighted by Gasteiger charge is 2.26. The summed E-state index contributed by atoms with van der Waals surface area (Å²) in [4.78, 5) is 2.60. The van der Waals surface area contributed by atoms with Gasteiger partial charge in [0.05, 0.1) is 0 Å². The van der Waals surface area contributed by atoms with E-state index in [-0.39, 0.29) is 0 Å². The number of rotatable bonds is 3. The van der Waals surface area contributed by atoms with Gasteiger partial charge in [-0.3, -0.25) is 4.90 Å². The highest BCUT2D eigenvalue weighted by molar-refractivity contribution is 5.85. The van der Waals surface area contributed by atoms with Crippen molar-refractivity contribution in [2.75, 3.05) is 6.54 Å². The van der Waals surface area contributed by atoms with E-state index in [1.165, 1.54) is 35.6 Å². The standard InChI is InChI=1S/C18H24N2/c1-14-6-4-10-17(12-19)20(14)13-16-9-5-8-15-7-2-3-11-18(15)16/h2-3,5,7-9,11,14,17H,4,6,10,12-13,19H2,1H3. The molecule has 2 nitrogen and oxygen atoms in total. The SMILES string of the molecule is CC1CCCC(CN)N1Cc1cccc2ccccc12. The number of nitrogens with zero attached hydrogens (tertiary/aromatic N) is 1. The minimum absolute atomic E-state index is 0.540. The molecule has 0 spiro atoms. The van der Waals surface area contributed by atoms with E-state index < -0.39 is 0 Å². The third-order valence-electron chi connectivity index (χ3n) is 4.70. The molecule has 20 heavy (non-hydrogen) atoms. The molecule has 2 N–H and O–H groups in total. The second-order valence-electron chi connectivity index (χ2n) is 5.98. The molecule has 2 unspecified atom stereocenters. The van der Waals surface area contributed by atoms with Crippen LogP contribution in [0.2, 0.25) is 0 Å². The van der Waals surface area contributed by atoms with Crippen LogP contribution in [0.3, 0.4) is 0 Å². The molecule has 0 amide bonds. The number of piperidine rings is 1. The zero-order valence-electron chi connectivity index (χ0n) is 12.3. The van der Waals surface area contributed by atoms with Gasteiger partial charge in [-0.2, -0.15) is 0 Å². The van der Waals surface area contributed by atoms with Gasteiger partial charge < -0.3 is 5.73 Å². The predicted molar refractivity (Wildman–Crippen MR) is 85.6 cm³/mol. The van der Waals surface area contributed by atoms with Crippen LogP contribution in [0, 0.1) is 0 Å². The van der Waals surface area contributed by atoms with Gasteiger partial charge >= 0.3 is 0 Å². The fourth-order valence-corrected chi connectivity index (χ4v) is 3.51. The number of hydrogen-bond donors (Lipinski definition) is 1. The van der Waals surface area contributed by atoms with E-state index in [9.17, 15) is 0 Å². The molecule has 1 aliphatic rings. The van der Waals surface area contributed by atoms with Crippen molar-refractivity contribution in [3.8, 4) is 0 Å². The molecule has 1 heterocycles. The predicted octanol–water partition coefficient (Wildman–Crippen LogP) is 3.54. The van der Waals surface area contributed by atoms with Crippen molar-refractivity contribution in [1.29, 1.82) is 0 Å². The maximum absolute atomic E-state index is 5.98. The summed E-state index contributed by atoms with van der Waals surface area (Å²) in [6.45, 7) is 4.13. The van der Waals surface area contributed by atoms with Crippen LogP contribution in [-0.2, 0) is 6.54 Å². The Morgan fingerprint density at radius 3 is 2.75 bits per heavy atom. The zero-order chi connectivity index (χ0) is 13.9. The van der Waals surface area contributed by atoms with E-state index in [2.05, 4.69) is 54.3 Å². The van der Waals surface area contributed by atoms with Gasteiger partial charge in [0.1, 0.15) is 0 Å². The minimum Gasteiger partial charge on any atom is -0.329 e. The summed E-state index contributed by atoms with van der Waals surface area (Å²) >= 11 is 0. The highest BCUT2D eigenvalue weighted by atomic mass is 15.2. The second-order valence-corrected chi connectivity index (χ2v) is 5.98. The molecule has 0 bridgehead atoms. The summed E-state index contributed by atoms with van der Waals surface area (Å²) in [5.41, 5.74) is 7.41. The van der Waals surface area contributed by atoms with Crippen LogP contribution in [0.4, 0.5) is 0 Å². The van der Waals surface area contributed by atoms with E-state index in [4.69, 9.17) is 5.73 Å². The molecule has 2 aromatic rings. The molecule has 2 heteroatoms. The number of likely N-dealkylation sites (tertiary alicyclic amines) is 1. The Morgan fingerprint density at radius 1 is 1.10 bits per heavy atom. The summed E-state index contributed by atoms with van der Waals surface area (Å²) in [7, 11) is 0. The van der Waals surface area contributed by atoms with Crippen molar-refractivity contribution in [2.24, 2.45) is 5.73 Å². The Labute approximate surface area is 121 Å². The molecular formula is C18H24N2. The fourth-order valence-electron chi connectivity index (χ4n) is 3.51. The molecule has 1 aliphatic heterocycles. The van der Waals surface area contributed by atoms with Gasteiger partial charge in [0.25, 0.3) is 0 Å². The van der Waals surface area contributed by atoms with Crippen molar-refractivity contribution < 1.29 is 0 Å². The Hall–Kier alpha value is -1.38. The normalized spacial score (nSPS) is 24.1. The van der Waals surface area contributed by atoms with Gasteiger partial charge in [-0.25, -0.2) is 0 Å². The molecule has 2 aromatic carbocycles. The second kappa shape index (κ2) is 5.94. The summed E-state index contributed by atoms with van der Waals surface area (Å²) in [6.07, 6.45) is 3.85. The van der Waals surface area contributed by atoms with Crippen molar-refractivity contribution in [3.05, 3.63) is 48.0 Å².